The molecule has 0 saturated heterocycles. The van der Waals surface area contributed by atoms with Gasteiger partial charge in [0.05, 0.1) is 18.2 Å². The van der Waals surface area contributed by atoms with Crippen LogP contribution in [0.4, 0.5) is 5.69 Å². The van der Waals surface area contributed by atoms with E-state index in [2.05, 4.69) is 20.6 Å². The predicted molar refractivity (Wildman–Crippen MR) is 90.0 cm³/mol. The molecular weight excluding hydrogens is 292 g/mol. The topological polar surface area (TPSA) is 86.9 Å². The molecule has 2 amide bonds. The highest BCUT2D eigenvalue weighted by atomic mass is 16.2. The van der Waals surface area contributed by atoms with Gasteiger partial charge in [-0.2, -0.15) is 0 Å². The number of aryl methyl sites for hydroxylation is 1. The molecule has 1 aromatic carbocycles. The van der Waals surface area contributed by atoms with Gasteiger partial charge in [0, 0.05) is 23.4 Å². The Kier molecular flexibility index (Phi) is 5.30. The van der Waals surface area contributed by atoms with Crippen LogP contribution in [-0.4, -0.2) is 27.8 Å². The number of nitrogens with zero attached hydrogens (tertiary/aromatic N) is 1. The van der Waals surface area contributed by atoms with Crippen LogP contribution in [0.1, 0.15) is 35.5 Å². The largest absolute Gasteiger partial charge is 0.350 e. The Hall–Kier alpha value is -2.89. The van der Waals surface area contributed by atoms with E-state index in [1.54, 1.807) is 24.4 Å². The summed E-state index contributed by atoms with van der Waals surface area (Å²) in [6.07, 6.45) is 6.19. The number of aromatic nitrogens is 2. The molecule has 0 radical (unpaired) electrons. The third-order valence-electron chi connectivity index (χ3n) is 3.10. The highest BCUT2D eigenvalue weighted by Gasteiger charge is 2.11. The van der Waals surface area contributed by atoms with E-state index in [0.29, 0.717) is 11.3 Å². The van der Waals surface area contributed by atoms with Gasteiger partial charge in [-0.1, -0.05) is 6.07 Å². The molecule has 6 heteroatoms. The molecule has 0 bridgehead atoms. The standard InChI is InChI=1S/C17H20N4O2/c1-11(2)20-17(23)15-8-13(5-4-12(15)3)21-16(22)7-6-14-9-18-10-19-14/h4-11H,1-3H3,(H,18,19)(H,20,23)(H,21,22)/b7-6+. The van der Waals surface area contributed by atoms with Gasteiger partial charge in [-0.25, -0.2) is 4.98 Å². The molecule has 0 atom stereocenters. The fourth-order valence-corrected chi connectivity index (χ4v) is 1.99. The summed E-state index contributed by atoms with van der Waals surface area (Å²) in [5, 5.41) is 5.59. The van der Waals surface area contributed by atoms with Gasteiger partial charge in [0.25, 0.3) is 5.91 Å². The van der Waals surface area contributed by atoms with Crippen molar-refractivity contribution in [1.82, 2.24) is 15.3 Å². The van der Waals surface area contributed by atoms with Crippen LogP contribution in [0.15, 0.2) is 36.8 Å². The van der Waals surface area contributed by atoms with E-state index in [0.717, 1.165) is 11.3 Å². The number of anilines is 1. The Morgan fingerprint density at radius 1 is 1.30 bits per heavy atom. The van der Waals surface area contributed by atoms with E-state index in [1.165, 1.54) is 12.4 Å². The van der Waals surface area contributed by atoms with E-state index in [1.807, 2.05) is 26.8 Å². The average Bonchev–Trinajstić information content (AvgIpc) is 2.99. The molecule has 3 N–H and O–H groups in total. The van der Waals surface area contributed by atoms with E-state index in [4.69, 9.17) is 0 Å². The van der Waals surface area contributed by atoms with Crippen LogP contribution in [0.25, 0.3) is 6.08 Å². The van der Waals surface area contributed by atoms with Crippen LogP contribution in [0.3, 0.4) is 0 Å². The average molecular weight is 312 g/mol. The molecule has 0 fully saturated rings. The lowest BCUT2D eigenvalue weighted by Gasteiger charge is -2.12. The SMILES string of the molecule is Cc1ccc(NC(=O)/C=C/c2cnc[nH]2)cc1C(=O)NC(C)C. The lowest BCUT2D eigenvalue weighted by atomic mass is 10.1. The molecule has 2 aromatic rings. The van der Waals surface area contributed by atoms with Gasteiger partial charge < -0.3 is 15.6 Å². The first-order valence-corrected chi connectivity index (χ1v) is 7.34. The lowest BCUT2D eigenvalue weighted by Crippen LogP contribution is -2.30. The van der Waals surface area contributed by atoms with Crippen molar-refractivity contribution in [3.8, 4) is 0 Å². The maximum Gasteiger partial charge on any atom is 0.251 e. The molecule has 0 saturated carbocycles. The maximum atomic E-state index is 12.1. The summed E-state index contributed by atoms with van der Waals surface area (Å²) in [7, 11) is 0. The second kappa shape index (κ2) is 7.40. The van der Waals surface area contributed by atoms with E-state index < -0.39 is 0 Å². The lowest BCUT2D eigenvalue weighted by molar-refractivity contribution is -0.111. The van der Waals surface area contributed by atoms with Gasteiger partial charge in [0.2, 0.25) is 5.91 Å². The van der Waals surface area contributed by atoms with E-state index in [-0.39, 0.29) is 17.9 Å². The maximum absolute atomic E-state index is 12.1. The van der Waals surface area contributed by atoms with Crippen LogP contribution >= 0.6 is 0 Å². The van der Waals surface area contributed by atoms with Gasteiger partial charge in [-0.3, -0.25) is 9.59 Å². The molecule has 0 aliphatic heterocycles. The number of carbonyl (C=O) groups is 2. The molecule has 6 nitrogen and oxygen atoms in total. The van der Waals surface area contributed by atoms with Crippen molar-refractivity contribution in [1.29, 1.82) is 0 Å². The zero-order valence-corrected chi connectivity index (χ0v) is 13.4. The van der Waals surface area contributed by atoms with Gasteiger partial charge in [0.1, 0.15) is 0 Å². The van der Waals surface area contributed by atoms with Gasteiger partial charge in [-0.05, 0) is 44.5 Å². The number of rotatable bonds is 5. The third kappa shape index (κ3) is 4.81. The molecule has 0 aliphatic carbocycles. The van der Waals surface area contributed by atoms with Crippen LogP contribution < -0.4 is 10.6 Å². The Balaban J connectivity index is 2.08. The summed E-state index contributed by atoms with van der Waals surface area (Å²) in [6.45, 7) is 5.66. The summed E-state index contributed by atoms with van der Waals surface area (Å²) in [6, 6.07) is 5.31. The number of H-pyrrole nitrogens is 1. The molecule has 0 spiro atoms. The number of carbonyl (C=O) groups excluding carboxylic acids is 2. The van der Waals surface area contributed by atoms with E-state index >= 15 is 0 Å². The zero-order valence-electron chi connectivity index (χ0n) is 13.4. The highest BCUT2D eigenvalue weighted by molar-refractivity contribution is 6.03. The summed E-state index contributed by atoms with van der Waals surface area (Å²) in [4.78, 5) is 30.8. The van der Waals surface area contributed by atoms with Crippen molar-refractivity contribution in [2.24, 2.45) is 0 Å². The van der Waals surface area contributed by atoms with E-state index in [9.17, 15) is 9.59 Å². The minimum absolute atomic E-state index is 0.0532. The third-order valence-corrected chi connectivity index (χ3v) is 3.10. The molecule has 1 heterocycles. The summed E-state index contributed by atoms with van der Waals surface area (Å²) in [5.74, 6) is -0.430. The van der Waals surface area contributed by atoms with Gasteiger partial charge in [0.15, 0.2) is 0 Å². The normalized spacial score (nSPS) is 11.0. The van der Waals surface area contributed by atoms with Crippen molar-refractivity contribution in [3.63, 3.8) is 0 Å². The molecule has 23 heavy (non-hydrogen) atoms. The molecule has 0 unspecified atom stereocenters. The van der Waals surface area contributed by atoms with Crippen molar-refractivity contribution in [2.45, 2.75) is 26.8 Å². The minimum atomic E-state index is -0.279. The second-order valence-electron chi connectivity index (χ2n) is 5.49. The Labute approximate surface area is 135 Å². The van der Waals surface area contributed by atoms with Crippen LogP contribution in [-0.2, 0) is 4.79 Å². The van der Waals surface area contributed by atoms with Crippen LogP contribution in [0.2, 0.25) is 0 Å². The number of hydrogen-bond acceptors (Lipinski definition) is 3. The fraction of sp³-hybridized carbons (Fsp3) is 0.235. The number of nitrogens with one attached hydrogen (secondary N) is 3. The molecule has 0 aliphatic rings. The van der Waals surface area contributed by atoms with Crippen molar-refractivity contribution in [3.05, 3.63) is 53.6 Å². The Morgan fingerprint density at radius 3 is 2.74 bits per heavy atom. The highest BCUT2D eigenvalue weighted by Crippen LogP contribution is 2.16. The number of benzene rings is 1. The van der Waals surface area contributed by atoms with Crippen molar-refractivity contribution < 1.29 is 9.59 Å². The minimum Gasteiger partial charge on any atom is -0.350 e. The quantitative estimate of drug-likeness (QED) is 0.741. The Bertz CT molecular complexity index is 718. The second-order valence-corrected chi connectivity index (χ2v) is 5.49. The van der Waals surface area contributed by atoms with Crippen molar-refractivity contribution in [2.75, 3.05) is 5.32 Å². The summed E-state index contributed by atoms with van der Waals surface area (Å²) < 4.78 is 0. The number of aromatic amines is 1. The monoisotopic (exact) mass is 312 g/mol. The Morgan fingerprint density at radius 2 is 2.09 bits per heavy atom. The summed E-state index contributed by atoms with van der Waals surface area (Å²) >= 11 is 0. The van der Waals surface area contributed by atoms with Crippen LogP contribution in [0.5, 0.6) is 0 Å². The number of imidazole rings is 1. The molecule has 1 aromatic heterocycles. The smallest absolute Gasteiger partial charge is 0.251 e. The summed E-state index contributed by atoms with van der Waals surface area (Å²) in [5.41, 5.74) is 2.72. The van der Waals surface area contributed by atoms with Gasteiger partial charge >= 0.3 is 0 Å². The molecule has 2 rings (SSSR count). The molecule has 120 valence electrons. The number of amides is 2. The first kappa shape index (κ1) is 16.5. The van der Waals surface area contributed by atoms with Gasteiger partial charge in [-0.15, -0.1) is 0 Å². The first-order chi connectivity index (χ1) is 11.0. The molecular formula is C17H20N4O2. The first-order valence-electron chi connectivity index (χ1n) is 7.34. The fourth-order valence-electron chi connectivity index (χ4n) is 1.99. The van der Waals surface area contributed by atoms with Crippen molar-refractivity contribution >= 4 is 23.6 Å². The predicted octanol–water partition coefficient (Wildman–Crippen LogP) is 2.51. The number of hydrogen-bond donors (Lipinski definition) is 3. The zero-order chi connectivity index (χ0) is 16.8. The van der Waals surface area contributed by atoms with Crippen LogP contribution in [0, 0.1) is 6.92 Å².